The van der Waals surface area contributed by atoms with Crippen molar-refractivity contribution in [3.05, 3.63) is 28.8 Å². The van der Waals surface area contributed by atoms with Crippen LogP contribution in [0.1, 0.15) is 25.3 Å². The summed E-state index contributed by atoms with van der Waals surface area (Å²) in [6.45, 7) is 1.48. The Morgan fingerprint density at radius 3 is 3.00 bits per heavy atom. The first-order chi connectivity index (χ1) is 12.3. The molecule has 2 fully saturated rings. The number of nitrogens with zero attached hydrogens (tertiary/aromatic N) is 2. The monoisotopic (exact) mass is 393 g/mol. The number of halogens is 1. The Hall–Kier alpha value is -2.24. The van der Waals surface area contributed by atoms with Gasteiger partial charge in [0.15, 0.2) is 6.61 Å². The maximum Gasteiger partial charge on any atom is 0.330 e. The number of fused-ring (bicyclic) bond motifs is 1. The molecule has 0 saturated carbocycles. The Morgan fingerprint density at radius 2 is 2.31 bits per heavy atom. The first kappa shape index (κ1) is 18.5. The van der Waals surface area contributed by atoms with E-state index >= 15 is 0 Å². The maximum atomic E-state index is 12.3. The highest BCUT2D eigenvalue weighted by Crippen LogP contribution is 2.47. The molecule has 2 amide bonds. The van der Waals surface area contributed by atoms with Crippen LogP contribution in [-0.4, -0.2) is 46.0 Å². The number of benzene rings is 1. The molecule has 0 spiro atoms. The van der Waals surface area contributed by atoms with Crippen molar-refractivity contribution in [2.75, 3.05) is 17.7 Å². The van der Waals surface area contributed by atoms with Gasteiger partial charge in [-0.15, -0.1) is 11.8 Å². The Labute approximate surface area is 159 Å². The summed E-state index contributed by atoms with van der Waals surface area (Å²) < 4.78 is 5.09. The highest BCUT2D eigenvalue weighted by Gasteiger charge is 2.53. The van der Waals surface area contributed by atoms with Gasteiger partial charge in [-0.3, -0.25) is 9.59 Å². The molecule has 2 heterocycles. The van der Waals surface area contributed by atoms with Crippen LogP contribution < -0.4 is 5.32 Å². The lowest BCUT2D eigenvalue weighted by atomic mass is 10.2. The predicted molar refractivity (Wildman–Crippen MR) is 96.5 cm³/mol. The number of thioether (sulfide) groups is 1. The Kier molecular flexibility index (Phi) is 5.12. The van der Waals surface area contributed by atoms with Crippen LogP contribution in [0.3, 0.4) is 0 Å². The molecule has 1 aromatic carbocycles. The molecule has 9 heteroatoms. The summed E-state index contributed by atoms with van der Waals surface area (Å²) in [5, 5.41) is 11.6. The highest BCUT2D eigenvalue weighted by atomic mass is 35.5. The molecular weight excluding hydrogens is 378 g/mol. The summed E-state index contributed by atoms with van der Waals surface area (Å²) in [6.07, 6.45) is 1.13. The topological polar surface area (TPSA) is 99.5 Å². The maximum absolute atomic E-state index is 12.3. The van der Waals surface area contributed by atoms with E-state index in [2.05, 4.69) is 5.32 Å². The molecule has 0 aromatic heterocycles. The van der Waals surface area contributed by atoms with E-state index in [4.69, 9.17) is 21.6 Å². The quantitative estimate of drug-likeness (QED) is 0.787. The molecule has 2 saturated heterocycles. The van der Waals surface area contributed by atoms with Gasteiger partial charge >= 0.3 is 5.97 Å². The number of carbonyl (C=O) groups excluding carboxylic acids is 3. The minimum Gasteiger partial charge on any atom is -0.454 e. The molecule has 2 atom stereocenters. The van der Waals surface area contributed by atoms with E-state index in [1.807, 2.05) is 13.0 Å². The minimum atomic E-state index is -0.655. The summed E-state index contributed by atoms with van der Waals surface area (Å²) in [7, 11) is 0. The Bertz CT molecular complexity index is 825. The van der Waals surface area contributed by atoms with Crippen LogP contribution >= 0.6 is 23.4 Å². The van der Waals surface area contributed by atoms with Crippen molar-refractivity contribution in [3.8, 4) is 6.07 Å². The average molecular weight is 394 g/mol. The normalized spacial score (nSPS) is 24.1. The smallest absolute Gasteiger partial charge is 0.330 e. The third-order valence-electron chi connectivity index (χ3n) is 4.44. The molecule has 2 aliphatic rings. The van der Waals surface area contributed by atoms with Crippen molar-refractivity contribution in [1.29, 1.82) is 5.26 Å². The molecule has 0 unspecified atom stereocenters. The van der Waals surface area contributed by atoms with Crippen LogP contribution in [0.5, 0.6) is 0 Å². The number of anilines is 1. The fourth-order valence-corrected chi connectivity index (χ4v) is 4.75. The average Bonchev–Trinajstić information content (AvgIpc) is 3.09. The van der Waals surface area contributed by atoms with E-state index < -0.39 is 24.5 Å². The molecule has 3 rings (SSSR count). The molecular formula is C17H16ClN3O4S. The fraction of sp³-hybridized carbons (Fsp3) is 0.412. The minimum absolute atomic E-state index is 0.0591. The number of rotatable bonds is 4. The lowest BCUT2D eigenvalue weighted by molar-refractivity contribution is -0.155. The molecule has 0 bridgehead atoms. The lowest BCUT2D eigenvalue weighted by Gasteiger charge is -2.29. The lowest BCUT2D eigenvalue weighted by Crippen LogP contribution is -2.47. The van der Waals surface area contributed by atoms with Crippen molar-refractivity contribution in [3.63, 3.8) is 0 Å². The van der Waals surface area contributed by atoms with Crippen LogP contribution in [0.15, 0.2) is 18.2 Å². The van der Waals surface area contributed by atoms with Gasteiger partial charge in [0.25, 0.3) is 5.91 Å². The van der Waals surface area contributed by atoms with Crippen LogP contribution in [0, 0.1) is 11.3 Å². The number of esters is 1. The molecule has 136 valence electrons. The first-order valence-electron chi connectivity index (χ1n) is 7.96. The zero-order valence-corrected chi connectivity index (χ0v) is 15.5. The summed E-state index contributed by atoms with van der Waals surface area (Å²) in [6, 6.07) is 5.73. The molecule has 0 radical (unpaired) electrons. The van der Waals surface area contributed by atoms with E-state index in [-0.39, 0.29) is 15.8 Å². The standard InChI is InChI=1S/C17H16ClN3O4S/c1-17-5-4-15(23)21(17)13(9-26-17)16(24)25-8-14(22)20-11-3-2-10(7-19)12(18)6-11/h2-3,6,13H,4-5,8-9H2,1H3,(H,20,22)/t13-,17+/m0/s1. The van der Waals surface area contributed by atoms with Gasteiger partial charge < -0.3 is 15.0 Å². The van der Waals surface area contributed by atoms with E-state index in [0.29, 0.717) is 29.8 Å². The zero-order chi connectivity index (χ0) is 18.9. The van der Waals surface area contributed by atoms with Gasteiger partial charge in [0.1, 0.15) is 12.1 Å². The predicted octanol–water partition coefficient (Wildman–Crippen LogP) is 2.15. The molecule has 1 N–H and O–H groups in total. The van der Waals surface area contributed by atoms with Gasteiger partial charge in [-0.05, 0) is 31.5 Å². The molecule has 0 aliphatic carbocycles. The van der Waals surface area contributed by atoms with E-state index in [1.54, 1.807) is 16.7 Å². The molecule has 26 heavy (non-hydrogen) atoms. The second-order valence-electron chi connectivity index (χ2n) is 6.23. The van der Waals surface area contributed by atoms with E-state index in [1.165, 1.54) is 18.2 Å². The van der Waals surface area contributed by atoms with Crippen LogP contribution in [0.25, 0.3) is 0 Å². The number of hydrogen-bond donors (Lipinski definition) is 1. The second-order valence-corrected chi connectivity index (χ2v) is 8.14. The summed E-state index contributed by atoms with van der Waals surface area (Å²) in [5.41, 5.74) is 0.696. The van der Waals surface area contributed by atoms with Crippen molar-refractivity contribution >= 4 is 46.8 Å². The SMILES string of the molecule is C[C@@]12CCC(=O)N1[C@H](C(=O)OCC(=O)Nc1ccc(C#N)c(Cl)c1)CS2. The van der Waals surface area contributed by atoms with Crippen LogP contribution in [0.2, 0.25) is 5.02 Å². The number of carbonyl (C=O) groups is 3. The molecule has 7 nitrogen and oxygen atoms in total. The summed E-state index contributed by atoms with van der Waals surface area (Å²) >= 11 is 7.47. The number of nitriles is 1. The van der Waals surface area contributed by atoms with Gasteiger partial charge in [0.05, 0.1) is 15.5 Å². The first-order valence-corrected chi connectivity index (χ1v) is 9.33. The summed E-state index contributed by atoms with van der Waals surface area (Å²) in [5.74, 6) is -0.700. The van der Waals surface area contributed by atoms with Gasteiger partial charge in [0.2, 0.25) is 5.91 Å². The van der Waals surface area contributed by atoms with E-state index in [0.717, 1.165) is 0 Å². The number of hydrogen-bond acceptors (Lipinski definition) is 6. The molecule has 2 aliphatic heterocycles. The third-order valence-corrected chi connectivity index (χ3v) is 6.25. The Balaban J connectivity index is 1.55. The van der Waals surface area contributed by atoms with Crippen molar-refractivity contribution in [1.82, 2.24) is 4.90 Å². The Morgan fingerprint density at radius 1 is 1.54 bits per heavy atom. The largest absolute Gasteiger partial charge is 0.454 e. The number of nitrogens with one attached hydrogen (secondary N) is 1. The van der Waals surface area contributed by atoms with Gasteiger partial charge in [-0.1, -0.05) is 11.6 Å². The van der Waals surface area contributed by atoms with Crippen molar-refractivity contribution in [2.45, 2.75) is 30.7 Å². The van der Waals surface area contributed by atoms with Gasteiger partial charge in [-0.2, -0.15) is 5.26 Å². The molecule has 1 aromatic rings. The van der Waals surface area contributed by atoms with E-state index in [9.17, 15) is 14.4 Å². The number of amides is 2. The second kappa shape index (κ2) is 7.17. The fourth-order valence-electron chi connectivity index (χ4n) is 3.11. The third kappa shape index (κ3) is 3.50. The van der Waals surface area contributed by atoms with Crippen molar-refractivity contribution in [2.24, 2.45) is 0 Å². The summed E-state index contributed by atoms with van der Waals surface area (Å²) in [4.78, 5) is 37.5. The zero-order valence-electron chi connectivity index (χ0n) is 14.0. The van der Waals surface area contributed by atoms with Crippen LogP contribution in [-0.2, 0) is 19.1 Å². The highest BCUT2D eigenvalue weighted by molar-refractivity contribution is 8.01. The number of ether oxygens (including phenoxy) is 1. The van der Waals surface area contributed by atoms with Gasteiger partial charge in [0, 0.05) is 17.9 Å². The van der Waals surface area contributed by atoms with Gasteiger partial charge in [-0.25, -0.2) is 4.79 Å². The van der Waals surface area contributed by atoms with Crippen LogP contribution in [0.4, 0.5) is 5.69 Å². The van der Waals surface area contributed by atoms with Crippen molar-refractivity contribution < 1.29 is 19.1 Å².